The second-order valence-electron chi connectivity index (χ2n) is 12.9. The summed E-state index contributed by atoms with van der Waals surface area (Å²) in [6, 6.07) is 15.4. The van der Waals surface area contributed by atoms with Crippen LogP contribution in [0.5, 0.6) is 0 Å². The largest absolute Gasteiger partial charge is 0.483 e. The van der Waals surface area contributed by atoms with Gasteiger partial charge in [0.15, 0.2) is 5.88 Å². The monoisotopic (exact) mass is 847 g/mol. The number of nitrogens with one attached hydrogen (secondary N) is 4. The van der Waals surface area contributed by atoms with E-state index >= 15 is 0 Å². The number of amides is 4. The maximum absolute atomic E-state index is 12.8. The third-order valence-electron chi connectivity index (χ3n) is 7.38. The number of benzene rings is 2. The lowest BCUT2D eigenvalue weighted by Crippen LogP contribution is -2.42. The van der Waals surface area contributed by atoms with Gasteiger partial charge < -0.3 is 40.5 Å². The fraction of sp³-hybridized carbons (Fsp3) is 0.469. The van der Waals surface area contributed by atoms with E-state index in [0.717, 1.165) is 41.6 Å². The maximum Gasteiger partial charge on any atom is 0.251 e. The molecule has 4 N–H and O–H groups in total. The molecule has 0 saturated carbocycles. The lowest BCUT2D eigenvalue weighted by molar-refractivity contribution is -0.131. The molecule has 4 amide bonds. The number of hydrogen-bond acceptors (Lipinski definition) is 8. The van der Waals surface area contributed by atoms with Gasteiger partial charge in [-0.2, -0.15) is 0 Å². The second-order valence-corrected chi connectivity index (χ2v) is 12.9. The van der Waals surface area contributed by atoms with Crippen LogP contribution in [0.3, 0.4) is 0 Å². The molecule has 0 radical (unpaired) electrons. The molecule has 12 nitrogen and oxygen atoms in total. The molecule has 0 aliphatic rings. The van der Waals surface area contributed by atoms with Crippen LogP contribution in [0.2, 0.25) is 0 Å². The van der Waals surface area contributed by atoms with Crippen molar-refractivity contribution < 1.29 is 28.7 Å². The highest BCUT2D eigenvalue weighted by Gasteiger charge is 2.16. The van der Waals surface area contributed by atoms with Gasteiger partial charge in [-0.3, -0.25) is 19.2 Å². The first-order valence-corrected chi connectivity index (χ1v) is 20.8. The molecule has 0 bridgehead atoms. The lowest BCUT2D eigenvalue weighted by atomic mass is 10.0. The number of carbonyl (C=O) groups is 4. The third-order valence-corrected chi connectivity index (χ3v) is 7.38. The summed E-state index contributed by atoms with van der Waals surface area (Å²) < 4.78 is 9.49. The van der Waals surface area contributed by atoms with E-state index in [1.807, 2.05) is 76.2 Å². The molecule has 2 aromatic rings. The van der Waals surface area contributed by atoms with Crippen molar-refractivity contribution in [2.24, 2.45) is 0 Å². The van der Waals surface area contributed by atoms with Gasteiger partial charge in [0.2, 0.25) is 18.2 Å². The van der Waals surface area contributed by atoms with E-state index < -0.39 is 0 Å². The van der Waals surface area contributed by atoms with Crippen LogP contribution in [0.15, 0.2) is 78.8 Å². The molecule has 2 aromatic carbocycles. The summed E-state index contributed by atoms with van der Waals surface area (Å²) in [5.74, 6) is 0.147. The van der Waals surface area contributed by atoms with Crippen LogP contribution >= 0.6 is 0 Å². The number of hydrogen-bond donors (Lipinski definition) is 4. The van der Waals surface area contributed by atoms with Crippen molar-refractivity contribution in [2.75, 3.05) is 67.1 Å². The van der Waals surface area contributed by atoms with E-state index in [1.54, 1.807) is 43.3 Å². The second kappa shape index (κ2) is 43.6. The van der Waals surface area contributed by atoms with Crippen LogP contribution in [0.1, 0.15) is 103 Å². The third kappa shape index (κ3) is 29.8. The summed E-state index contributed by atoms with van der Waals surface area (Å²) in [6.45, 7) is 22.8. The number of allylic oxidation sites excluding steroid dienone is 2. The van der Waals surface area contributed by atoms with E-state index in [1.165, 1.54) is 12.8 Å². The summed E-state index contributed by atoms with van der Waals surface area (Å²) in [5.41, 5.74) is 4.98. The normalized spacial score (nSPS) is 9.82. The molecule has 0 fully saturated rings. The van der Waals surface area contributed by atoms with Crippen molar-refractivity contribution >= 4 is 29.8 Å². The van der Waals surface area contributed by atoms with Gasteiger partial charge in [-0.1, -0.05) is 110 Å². The van der Waals surface area contributed by atoms with E-state index in [0.29, 0.717) is 56.3 Å². The molecule has 0 spiro atoms. The summed E-state index contributed by atoms with van der Waals surface area (Å²) >= 11 is 0. The predicted molar refractivity (Wildman–Crippen MR) is 256 cm³/mol. The van der Waals surface area contributed by atoms with Crippen LogP contribution in [0.4, 0.5) is 0 Å². The molecule has 61 heavy (non-hydrogen) atoms. The number of terminal acetylenes is 2. The molecule has 0 aliphatic heterocycles. The van der Waals surface area contributed by atoms with Crippen molar-refractivity contribution in [1.82, 2.24) is 31.1 Å². The average Bonchev–Trinajstić information content (AvgIpc) is 3.27. The zero-order valence-electron chi connectivity index (χ0n) is 39.2. The number of methoxy groups -OCH3 is 2. The molecule has 340 valence electrons. The first-order valence-electron chi connectivity index (χ1n) is 20.8. The Morgan fingerprint density at radius 2 is 1.16 bits per heavy atom. The van der Waals surface area contributed by atoms with Gasteiger partial charge in [0.1, 0.15) is 0 Å². The molecule has 0 saturated heterocycles. The molecule has 0 heterocycles. The Hall–Kier alpha value is -5.98. The van der Waals surface area contributed by atoms with Gasteiger partial charge in [0.05, 0.1) is 26.7 Å². The fourth-order valence-corrected chi connectivity index (χ4v) is 4.96. The quantitative estimate of drug-likeness (QED) is 0.0534. The van der Waals surface area contributed by atoms with Crippen molar-refractivity contribution in [3.63, 3.8) is 0 Å². The van der Waals surface area contributed by atoms with Crippen LogP contribution < -0.4 is 21.3 Å². The first-order chi connectivity index (χ1) is 29.4. The molecule has 0 aromatic heterocycles. The summed E-state index contributed by atoms with van der Waals surface area (Å²) in [4.78, 5) is 52.0. The number of ether oxygens (including phenoxy) is 2. The van der Waals surface area contributed by atoms with Gasteiger partial charge in [-0.25, -0.2) is 0 Å². The predicted octanol–water partition coefficient (Wildman–Crippen LogP) is 7.85. The molecule has 0 unspecified atom stereocenters. The van der Waals surface area contributed by atoms with Crippen molar-refractivity contribution in [3.8, 4) is 36.8 Å². The average molecular weight is 847 g/mol. The zero-order valence-corrected chi connectivity index (χ0v) is 39.2. The Morgan fingerprint density at radius 1 is 0.705 bits per heavy atom. The number of carbonyl (C=O) groups excluding carboxylic acids is 4. The SMILES string of the molecule is C#C.C#C.C=C(CN(CCC)C(=O)CNC=O)N/C(=C\C)c1ccc(-c2ccc(C(=O)NCCN(CCC)C(=O)CN/C(=C\CC)OC)cc2)cc1.CCC.CCC.COC. The summed E-state index contributed by atoms with van der Waals surface area (Å²) in [7, 11) is 4.81. The lowest BCUT2D eigenvalue weighted by Gasteiger charge is -2.24. The summed E-state index contributed by atoms with van der Waals surface area (Å²) in [6.07, 6.45) is 25.2. The molecule has 0 aliphatic carbocycles. The van der Waals surface area contributed by atoms with Gasteiger partial charge in [-0.15, -0.1) is 25.7 Å². The highest BCUT2D eigenvalue weighted by atomic mass is 16.5. The molecule has 12 heteroatoms. The Balaban J connectivity index is -0.00000111. The Bertz CT molecular complexity index is 1540. The molecular weight excluding hydrogens is 769 g/mol. The maximum atomic E-state index is 12.8. The van der Waals surface area contributed by atoms with Crippen molar-refractivity contribution in [3.05, 3.63) is 90.0 Å². The van der Waals surface area contributed by atoms with Gasteiger partial charge >= 0.3 is 0 Å². The van der Waals surface area contributed by atoms with E-state index in [2.05, 4.69) is 86.0 Å². The smallest absolute Gasteiger partial charge is 0.251 e. The standard InChI is InChI=1S/C37H52N6O5.2C3H8.C2H6O.2C2H2/c1-7-11-34(48-6)40-25-36(46)42(21-8-2)23-20-39-37(47)32-18-14-30(15-19-32)29-12-16-31(17-13-29)33(10-4)41-28(5)26-43(22-9-3)35(45)24-38-27-44;3*1-3-2;2*1-2/h10-19,27,40-41H,5,7-9,20-26H2,1-4,6H3,(H,38,44)(H,39,47);2*3H2,1-2H3;1-2H3;2*1-2H/b33-10-,34-11+;;;;;. The van der Waals surface area contributed by atoms with E-state index in [4.69, 9.17) is 4.74 Å². The van der Waals surface area contributed by atoms with Crippen molar-refractivity contribution in [1.29, 1.82) is 0 Å². The highest BCUT2D eigenvalue weighted by Crippen LogP contribution is 2.23. The highest BCUT2D eigenvalue weighted by molar-refractivity contribution is 5.94. The van der Waals surface area contributed by atoms with Crippen LogP contribution in [0.25, 0.3) is 16.8 Å². The number of rotatable bonds is 22. The van der Waals surface area contributed by atoms with E-state index in [9.17, 15) is 19.2 Å². The van der Waals surface area contributed by atoms with E-state index in [-0.39, 0.29) is 30.8 Å². The molecule has 0 atom stereocenters. The fourth-order valence-electron chi connectivity index (χ4n) is 4.96. The zero-order chi connectivity index (χ0) is 47.4. The van der Waals surface area contributed by atoms with Gasteiger partial charge in [0, 0.05) is 57.4 Å². The summed E-state index contributed by atoms with van der Waals surface area (Å²) in [5, 5.41) is 11.7. The topological polar surface area (TPSA) is 141 Å². The Kier molecular flexibility index (Phi) is 44.1. The minimum Gasteiger partial charge on any atom is -0.483 e. The first kappa shape index (κ1) is 61.7. The van der Waals surface area contributed by atoms with Crippen molar-refractivity contribution in [2.45, 2.75) is 87.5 Å². The molecular formula is C49H78N6O6. The van der Waals surface area contributed by atoms with Gasteiger partial charge in [-0.05, 0) is 61.1 Å². The molecule has 2 rings (SSSR count). The Labute approximate surface area is 370 Å². The van der Waals surface area contributed by atoms with Gasteiger partial charge in [0.25, 0.3) is 5.91 Å². The van der Waals surface area contributed by atoms with Crippen LogP contribution in [0, 0.1) is 25.7 Å². The van der Waals surface area contributed by atoms with Crippen LogP contribution in [-0.2, 0) is 23.9 Å². The van der Waals surface area contributed by atoms with Crippen LogP contribution in [-0.4, -0.2) is 101 Å². The minimum atomic E-state index is -0.199. The number of nitrogens with zero attached hydrogens (tertiary/aromatic N) is 2. The Morgan fingerprint density at radius 3 is 1.59 bits per heavy atom. The minimum absolute atomic E-state index is 0.0490.